The Morgan fingerprint density at radius 1 is 1.04 bits per heavy atom. The monoisotopic (exact) mass is 323 g/mol. The second-order valence-corrected chi connectivity index (χ2v) is 5.91. The van der Waals surface area contributed by atoms with Crippen molar-refractivity contribution in [2.75, 3.05) is 11.9 Å². The Labute approximate surface area is 141 Å². The summed E-state index contributed by atoms with van der Waals surface area (Å²) in [5.74, 6) is -0.640. The number of aryl methyl sites for hydroxylation is 2. The van der Waals surface area contributed by atoms with Crippen molar-refractivity contribution >= 4 is 17.6 Å². The largest absolute Gasteiger partial charge is 0.462 e. The van der Waals surface area contributed by atoms with Gasteiger partial charge in [-0.2, -0.15) is 0 Å². The van der Waals surface area contributed by atoms with E-state index in [0.717, 1.165) is 12.8 Å². The number of carbonyl (C=O) groups excluding carboxylic acids is 2. The maximum atomic E-state index is 12.6. The van der Waals surface area contributed by atoms with Crippen molar-refractivity contribution in [2.24, 2.45) is 0 Å². The van der Waals surface area contributed by atoms with Crippen molar-refractivity contribution in [3.8, 4) is 0 Å². The predicted octanol–water partition coefficient (Wildman–Crippen LogP) is 3.99. The molecule has 0 unspecified atom stereocenters. The Hall–Kier alpha value is -2.62. The molecular formula is C20H21NO3. The highest BCUT2D eigenvalue weighted by Crippen LogP contribution is 2.23. The first-order valence-corrected chi connectivity index (χ1v) is 8.38. The van der Waals surface area contributed by atoms with Crippen LogP contribution in [-0.2, 0) is 17.6 Å². The molecule has 2 aromatic rings. The molecule has 0 bridgehead atoms. The van der Waals surface area contributed by atoms with E-state index in [1.807, 2.05) is 18.2 Å². The summed E-state index contributed by atoms with van der Waals surface area (Å²) in [5, 5.41) is 2.83. The molecule has 4 nitrogen and oxygen atoms in total. The Kier molecular flexibility index (Phi) is 4.94. The fourth-order valence-corrected chi connectivity index (χ4v) is 3.05. The Bertz CT molecular complexity index is 767. The first kappa shape index (κ1) is 16.2. The molecule has 3 rings (SSSR count). The van der Waals surface area contributed by atoms with Gasteiger partial charge in [0.05, 0.1) is 17.9 Å². The van der Waals surface area contributed by atoms with Gasteiger partial charge in [-0.1, -0.05) is 18.2 Å². The van der Waals surface area contributed by atoms with Crippen LogP contribution in [0.5, 0.6) is 0 Å². The molecule has 1 N–H and O–H groups in total. The number of benzene rings is 2. The van der Waals surface area contributed by atoms with Crippen LogP contribution in [0.2, 0.25) is 0 Å². The fourth-order valence-electron chi connectivity index (χ4n) is 3.05. The lowest BCUT2D eigenvalue weighted by molar-refractivity contribution is 0.0527. The number of nitrogens with one attached hydrogen (secondary N) is 1. The van der Waals surface area contributed by atoms with Crippen LogP contribution in [0, 0.1) is 0 Å². The van der Waals surface area contributed by atoms with Gasteiger partial charge in [0, 0.05) is 5.56 Å². The van der Waals surface area contributed by atoms with Crippen molar-refractivity contribution in [2.45, 2.75) is 32.6 Å². The minimum atomic E-state index is -0.432. The van der Waals surface area contributed by atoms with Gasteiger partial charge in [0.2, 0.25) is 0 Å². The lowest BCUT2D eigenvalue weighted by Crippen LogP contribution is -2.16. The average molecular weight is 323 g/mol. The second-order valence-electron chi connectivity index (χ2n) is 5.91. The minimum absolute atomic E-state index is 0.208. The molecule has 0 atom stereocenters. The van der Waals surface area contributed by atoms with Crippen LogP contribution in [0.4, 0.5) is 5.69 Å². The molecule has 124 valence electrons. The van der Waals surface area contributed by atoms with E-state index in [0.29, 0.717) is 23.4 Å². The van der Waals surface area contributed by atoms with Gasteiger partial charge in [-0.15, -0.1) is 0 Å². The van der Waals surface area contributed by atoms with Gasteiger partial charge in [0.25, 0.3) is 5.91 Å². The molecule has 0 heterocycles. The van der Waals surface area contributed by atoms with E-state index in [2.05, 4.69) is 5.32 Å². The van der Waals surface area contributed by atoms with Crippen molar-refractivity contribution in [3.05, 3.63) is 64.7 Å². The number of esters is 1. The number of rotatable bonds is 4. The van der Waals surface area contributed by atoms with E-state index < -0.39 is 5.97 Å². The summed E-state index contributed by atoms with van der Waals surface area (Å²) < 4.78 is 5.04. The third kappa shape index (κ3) is 3.48. The van der Waals surface area contributed by atoms with E-state index in [1.54, 1.807) is 31.2 Å². The van der Waals surface area contributed by atoms with Gasteiger partial charge in [-0.25, -0.2) is 4.79 Å². The summed E-state index contributed by atoms with van der Waals surface area (Å²) in [7, 11) is 0. The molecule has 0 aromatic heterocycles. The summed E-state index contributed by atoms with van der Waals surface area (Å²) in [6.45, 7) is 2.05. The molecule has 0 fully saturated rings. The summed E-state index contributed by atoms with van der Waals surface area (Å²) in [6.07, 6.45) is 4.49. The molecule has 1 amide bonds. The smallest absolute Gasteiger partial charge is 0.340 e. The number of ether oxygens (including phenoxy) is 1. The van der Waals surface area contributed by atoms with Crippen LogP contribution >= 0.6 is 0 Å². The van der Waals surface area contributed by atoms with Crippen LogP contribution in [0.15, 0.2) is 42.5 Å². The summed E-state index contributed by atoms with van der Waals surface area (Å²) >= 11 is 0. The second kappa shape index (κ2) is 7.30. The number of hydrogen-bond acceptors (Lipinski definition) is 3. The zero-order chi connectivity index (χ0) is 16.9. The predicted molar refractivity (Wildman–Crippen MR) is 93.4 cm³/mol. The van der Waals surface area contributed by atoms with E-state index >= 15 is 0 Å². The standard InChI is InChI=1S/C20H21NO3/c1-2-24-20(23)17-9-5-6-10-18(17)21-19(22)16-12-11-14-7-3-4-8-15(14)13-16/h5-6,9-13H,2-4,7-8H2,1H3,(H,21,22). The van der Waals surface area contributed by atoms with Gasteiger partial charge in [0.15, 0.2) is 0 Å². The Balaban J connectivity index is 1.81. The zero-order valence-corrected chi connectivity index (χ0v) is 13.8. The van der Waals surface area contributed by atoms with Crippen LogP contribution in [0.1, 0.15) is 51.6 Å². The van der Waals surface area contributed by atoms with Crippen molar-refractivity contribution in [1.29, 1.82) is 0 Å². The number of anilines is 1. The number of hydrogen-bond donors (Lipinski definition) is 1. The Morgan fingerprint density at radius 3 is 2.58 bits per heavy atom. The molecule has 4 heteroatoms. The molecule has 0 aliphatic heterocycles. The van der Waals surface area contributed by atoms with Gasteiger partial charge in [-0.05, 0) is 68.0 Å². The van der Waals surface area contributed by atoms with Gasteiger partial charge < -0.3 is 10.1 Å². The Morgan fingerprint density at radius 2 is 1.79 bits per heavy atom. The SMILES string of the molecule is CCOC(=O)c1ccccc1NC(=O)c1ccc2c(c1)CCCC2. The highest BCUT2D eigenvalue weighted by molar-refractivity contribution is 6.08. The first-order chi connectivity index (χ1) is 11.7. The van der Waals surface area contributed by atoms with Crippen LogP contribution in [0.25, 0.3) is 0 Å². The normalized spacial score (nSPS) is 13.0. The molecular weight excluding hydrogens is 302 g/mol. The van der Waals surface area contributed by atoms with E-state index in [-0.39, 0.29) is 5.91 Å². The fraction of sp³-hybridized carbons (Fsp3) is 0.300. The summed E-state index contributed by atoms with van der Waals surface area (Å²) in [5.41, 5.74) is 4.05. The topological polar surface area (TPSA) is 55.4 Å². The first-order valence-electron chi connectivity index (χ1n) is 8.38. The molecule has 2 aromatic carbocycles. The highest BCUT2D eigenvalue weighted by Gasteiger charge is 2.16. The zero-order valence-electron chi connectivity index (χ0n) is 13.8. The third-order valence-corrected chi connectivity index (χ3v) is 4.28. The van der Waals surface area contributed by atoms with Crippen molar-refractivity contribution < 1.29 is 14.3 Å². The molecule has 24 heavy (non-hydrogen) atoms. The van der Waals surface area contributed by atoms with Crippen LogP contribution in [-0.4, -0.2) is 18.5 Å². The summed E-state index contributed by atoms with van der Waals surface area (Å²) in [4.78, 5) is 24.6. The average Bonchev–Trinajstić information content (AvgIpc) is 2.62. The quantitative estimate of drug-likeness (QED) is 0.865. The number of para-hydroxylation sites is 1. The molecule has 0 spiro atoms. The molecule has 1 aliphatic carbocycles. The van der Waals surface area contributed by atoms with Crippen molar-refractivity contribution in [3.63, 3.8) is 0 Å². The van der Waals surface area contributed by atoms with E-state index in [4.69, 9.17) is 4.74 Å². The van der Waals surface area contributed by atoms with Gasteiger partial charge in [0.1, 0.15) is 0 Å². The lowest BCUT2D eigenvalue weighted by Gasteiger charge is -2.16. The number of amides is 1. The maximum Gasteiger partial charge on any atom is 0.340 e. The molecule has 1 aliphatic rings. The van der Waals surface area contributed by atoms with E-state index in [1.165, 1.54) is 24.0 Å². The number of fused-ring (bicyclic) bond motifs is 1. The third-order valence-electron chi connectivity index (χ3n) is 4.28. The molecule has 0 radical (unpaired) electrons. The summed E-state index contributed by atoms with van der Waals surface area (Å²) in [6, 6.07) is 12.8. The van der Waals surface area contributed by atoms with Crippen LogP contribution < -0.4 is 5.32 Å². The van der Waals surface area contributed by atoms with Crippen LogP contribution in [0.3, 0.4) is 0 Å². The highest BCUT2D eigenvalue weighted by atomic mass is 16.5. The maximum absolute atomic E-state index is 12.6. The number of carbonyl (C=O) groups is 2. The van der Waals surface area contributed by atoms with E-state index in [9.17, 15) is 9.59 Å². The van der Waals surface area contributed by atoms with Crippen molar-refractivity contribution in [1.82, 2.24) is 0 Å². The molecule has 0 saturated carbocycles. The van der Waals surface area contributed by atoms with Gasteiger partial charge in [-0.3, -0.25) is 4.79 Å². The van der Waals surface area contributed by atoms with Gasteiger partial charge >= 0.3 is 5.97 Å². The minimum Gasteiger partial charge on any atom is -0.462 e. The lowest BCUT2D eigenvalue weighted by atomic mass is 9.90. The molecule has 0 saturated heterocycles.